The van der Waals surface area contributed by atoms with Gasteiger partial charge in [-0.3, -0.25) is 4.79 Å². The molecule has 0 atom stereocenters. The summed E-state index contributed by atoms with van der Waals surface area (Å²) in [4.78, 5) is 32.4. The zero-order valence-corrected chi connectivity index (χ0v) is 16.8. The second kappa shape index (κ2) is 7.37. The lowest BCUT2D eigenvalue weighted by molar-refractivity contribution is -0.133. The molecular weight excluding hydrogens is 354 g/mol. The highest BCUT2D eigenvalue weighted by atomic mass is 16.2. The lowest BCUT2D eigenvalue weighted by Gasteiger charge is -2.31. The van der Waals surface area contributed by atoms with Crippen LogP contribution in [0.1, 0.15) is 57.7 Å². The average molecular weight is 381 g/mol. The molecule has 0 aliphatic heterocycles. The number of hydrogen-bond donors (Lipinski definition) is 0. The summed E-state index contributed by atoms with van der Waals surface area (Å²) in [7, 11) is 1.84. The summed E-state index contributed by atoms with van der Waals surface area (Å²) in [5, 5.41) is 5.35. The molecule has 0 radical (unpaired) electrons. The Labute approximate surface area is 164 Å². The quantitative estimate of drug-likeness (QED) is 0.696. The molecule has 1 aliphatic rings. The number of fused-ring (bicyclic) bond motifs is 3. The smallest absolute Gasteiger partial charge is 0.341 e. The largest absolute Gasteiger partial charge is 0.352 e. The van der Waals surface area contributed by atoms with Gasteiger partial charge in [0.2, 0.25) is 5.91 Å². The van der Waals surface area contributed by atoms with E-state index < -0.39 is 0 Å². The van der Waals surface area contributed by atoms with Gasteiger partial charge in [0.05, 0.1) is 5.52 Å². The molecule has 7 nitrogen and oxygen atoms in total. The normalized spacial score (nSPS) is 15.6. The fraction of sp³-hybridized carbons (Fsp3) is 0.524. The SMILES string of the molecule is CC(C)c1nc2ccccc2c2nn(CC(=O)N(C)C3CCCCC3)c(=O)n12. The van der Waals surface area contributed by atoms with Crippen molar-refractivity contribution < 1.29 is 4.79 Å². The average Bonchev–Trinajstić information content (AvgIpc) is 3.03. The highest BCUT2D eigenvalue weighted by Gasteiger charge is 2.24. The van der Waals surface area contributed by atoms with E-state index in [1.807, 2.05) is 45.2 Å². The number of amides is 1. The number of hydrogen-bond acceptors (Lipinski definition) is 4. The second-order valence-corrected chi connectivity index (χ2v) is 8.04. The molecule has 3 aromatic rings. The first-order chi connectivity index (χ1) is 13.5. The highest BCUT2D eigenvalue weighted by molar-refractivity contribution is 5.91. The van der Waals surface area contributed by atoms with Gasteiger partial charge in [0.1, 0.15) is 12.4 Å². The maximum Gasteiger partial charge on any atom is 0.352 e. The van der Waals surface area contributed by atoms with Crippen molar-refractivity contribution >= 4 is 22.5 Å². The highest BCUT2D eigenvalue weighted by Crippen LogP contribution is 2.23. The van der Waals surface area contributed by atoms with Gasteiger partial charge >= 0.3 is 5.69 Å². The molecule has 0 N–H and O–H groups in total. The predicted octanol–water partition coefficient (Wildman–Crippen LogP) is 2.96. The Morgan fingerprint density at radius 3 is 2.64 bits per heavy atom. The van der Waals surface area contributed by atoms with E-state index in [-0.39, 0.29) is 30.1 Å². The first-order valence-electron chi connectivity index (χ1n) is 10.1. The van der Waals surface area contributed by atoms with Crippen molar-refractivity contribution in [3.05, 3.63) is 40.6 Å². The van der Waals surface area contributed by atoms with Gasteiger partial charge in [0, 0.05) is 24.4 Å². The number of carbonyl (C=O) groups excluding carboxylic acids is 1. The minimum absolute atomic E-state index is 0.0423. The van der Waals surface area contributed by atoms with Crippen LogP contribution >= 0.6 is 0 Å². The zero-order chi connectivity index (χ0) is 19.8. The predicted molar refractivity (Wildman–Crippen MR) is 108 cm³/mol. The van der Waals surface area contributed by atoms with Gasteiger partial charge in [-0.05, 0) is 25.0 Å². The summed E-state index contributed by atoms with van der Waals surface area (Å²) < 4.78 is 2.85. The second-order valence-electron chi connectivity index (χ2n) is 8.04. The molecule has 1 amide bonds. The van der Waals surface area contributed by atoms with Crippen LogP contribution in [0.2, 0.25) is 0 Å². The fourth-order valence-electron chi connectivity index (χ4n) is 4.12. The van der Waals surface area contributed by atoms with Crippen molar-refractivity contribution in [1.82, 2.24) is 24.1 Å². The van der Waals surface area contributed by atoms with Crippen LogP contribution in [-0.4, -0.2) is 43.1 Å². The van der Waals surface area contributed by atoms with E-state index in [4.69, 9.17) is 0 Å². The third kappa shape index (κ3) is 3.19. The first-order valence-corrected chi connectivity index (χ1v) is 10.1. The fourth-order valence-corrected chi connectivity index (χ4v) is 4.12. The third-order valence-corrected chi connectivity index (χ3v) is 5.77. The van der Waals surface area contributed by atoms with Crippen molar-refractivity contribution in [2.75, 3.05) is 7.05 Å². The van der Waals surface area contributed by atoms with Crippen LogP contribution in [0.25, 0.3) is 16.6 Å². The van der Waals surface area contributed by atoms with Gasteiger partial charge in [0.15, 0.2) is 5.65 Å². The van der Waals surface area contributed by atoms with Crippen LogP contribution in [0, 0.1) is 0 Å². The monoisotopic (exact) mass is 381 g/mol. The lowest BCUT2D eigenvalue weighted by atomic mass is 9.94. The molecule has 1 aliphatic carbocycles. The molecular formula is C21H27N5O2. The number of para-hydroxylation sites is 1. The molecule has 7 heteroatoms. The van der Waals surface area contributed by atoms with E-state index in [2.05, 4.69) is 10.1 Å². The Morgan fingerprint density at radius 2 is 1.93 bits per heavy atom. The number of rotatable bonds is 4. The van der Waals surface area contributed by atoms with E-state index in [1.165, 1.54) is 11.1 Å². The number of carbonyl (C=O) groups is 1. The van der Waals surface area contributed by atoms with E-state index in [0.29, 0.717) is 11.5 Å². The molecule has 0 spiro atoms. The van der Waals surface area contributed by atoms with E-state index in [1.54, 1.807) is 9.30 Å². The Hall–Kier alpha value is -2.70. The standard InChI is InChI=1S/C21H27N5O2/c1-14(2)19-22-17-12-8-7-11-16(17)20-23-25(21(28)26(19)20)13-18(27)24(3)15-9-5-4-6-10-15/h7-8,11-12,14-15H,4-6,9-10,13H2,1-3H3. The van der Waals surface area contributed by atoms with E-state index >= 15 is 0 Å². The maximum absolute atomic E-state index is 13.1. The van der Waals surface area contributed by atoms with Crippen LogP contribution in [0.15, 0.2) is 29.1 Å². The van der Waals surface area contributed by atoms with Gasteiger partial charge in [-0.1, -0.05) is 45.2 Å². The summed E-state index contributed by atoms with van der Waals surface area (Å²) in [6.07, 6.45) is 5.63. The van der Waals surface area contributed by atoms with Crippen LogP contribution in [0.4, 0.5) is 0 Å². The number of aromatic nitrogens is 4. The van der Waals surface area contributed by atoms with Crippen LogP contribution in [0.3, 0.4) is 0 Å². The molecule has 28 heavy (non-hydrogen) atoms. The van der Waals surface area contributed by atoms with Gasteiger partial charge in [-0.25, -0.2) is 18.9 Å². The molecule has 2 aromatic heterocycles. The zero-order valence-electron chi connectivity index (χ0n) is 16.8. The van der Waals surface area contributed by atoms with Gasteiger partial charge < -0.3 is 4.90 Å². The molecule has 1 fully saturated rings. The van der Waals surface area contributed by atoms with Gasteiger partial charge in [-0.2, -0.15) is 0 Å². The van der Waals surface area contributed by atoms with Crippen molar-refractivity contribution in [3.8, 4) is 0 Å². The molecule has 1 saturated carbocycles. The van der Waals surface area contributed by atoms with Crippen LogP contribution in [-0.2, 0) is 11.3 Å². The summed E-state index contributed by atoms with van der Waals surface area (Å²) in [5.74, 6) is 0.655. The minimum Gasteiger partial charge on any atom is -0.341 e. The van der Waals surface area contributed by atoms with Crippen molar-refractivity contribution in [1.29, 1.82) is 0 Å². The summed E-state index contributed by atoms with van der Waals surface area (Å²) >= 11 is 0. The molecule has 0 bridgehead atoms. The molecule has 2 heterocycles. The summed E-state index contributed by atoms with van der Waals surface area (Å²) in [6.45, 7) is 3.96. The van der Waals surface area contributed by atoms with Crippen LogP contribution < -0.4 is 5.69 Å². The van der Waals surface area contributed by atoms with Gasteiger partial charge in [0.25, 0.3) is 0 Å². The molecule has 0 unspecified atom stereocenters. The first kappa shape index (κ1) is 18.7. The number of likely N-dealkylation sites (N-methyl/N-ethyl adjacent to an activating group) is 1. The summed E-state index contributed by atoms with van der Waals surface area (Å²) in [5.41, 5.74) is 1.07. The van der Waals surface area contributed by atoms with Gasteiger partial charge in [-0.15, -0.1) is 5.10 Å². The summed E-state index contributed by atoms with van der Waals surface area (Å²) in [6, 6.07) is 7.93. The lowest BCUT2D eigenvalue weighted by Crippen LogP contribution is -2.41. The number of benzene rings is 1. The maximum atomic E-state index is 13.1. The Morgan fingerprint density at radius 1 is 1.21 bits per heavy atom. The van der Waals surface area contributed by atoms with E-state index in [0.717, 1.165) is 36.6 Å². The van der Waals surface area contributed by atoms with Crippen molar-refractivity contribution in [2.24, 2.45) is 0 Å². The Kier molecular flexibility index (Phi) is 4.91. The van der Waals surface area contributed by atoms with Crippen LogP contribution in [0.5, 0.6) is 0 Å². The Bertz CT molecular complexity index is 1080. The number of nitrogens with zero attached hydrogens (tertiary/aromatic N) is 5. The Balaban J connectivity index is 1.75. The van der Waals surface area contributed by atoms with Crippen molar-refractivity contribution in [3.63, 3.8) is 0 Å². The topological polar surface area (TPSA) is 72.5 Å². The van der Waals surface area contributed by atoms with Crippen molar-refractivity contribution in [2.45, 2.75) is 64.5 Å². The third-order valence-electron chi connectivity index (χ3n) is 5.77. The minimum atomic E-state index is -0.303. The molecule has 0 saturated heterocycles. The van der Waals surface area contributed by atoms with E-state index in [9.17, 15) is 9.59 Å². The molecule has 148 valence electrons. The molecule has 4 rings (SSSR count). The molecule has 1 aromatic carbocycles.